The lowest BCUT2D eigenvalue weighted by atomic mass is 10.0. The van der Waals surface area contributed by atoms with Crippen molar-refractivity contribution in [3.63, 3.8) is 0 Å². The van der Waals surface area contributed by atoms with Crippen molar-refractivity contribution in [2.45, 2.75) is 31.1 Å². The van der Waals surface area contributed by atoms with Crippen LogP contribution < -0.4 is 0 Å². The van der Waals surface area contributed by atoms with Crippen LogP contribution >= 0.6 is 0 Å². The van der Waals surface area contributed by atoms with Crippen LogP contribution in [0, 0.1) is 0 Å². The Labute approximate surface area is 124 Å². The maximum atomic E-state index is 10.6. The number of aliphatic hydroxyl groups excluding tert-OH is 1. The van der Waals surface area contributed by atoms with Crippen LogP contribution in [0.15, 0.2) is 36.5 Å². The maximum absolute atomic E-state index is 10.6. The van der Waals surface area contributed by atoms with Crippen LogP contribution in [0.5, 0.6) is 0 Å². The number of hydrogen-bond donors (Lipinski definition) is 1. The van der Waals surface area contributed by atoms with Gasteiger partial charge in [-0.2, -0.15) is 0 Å². The third kappa shape index (κ3) is 2.44. The number of ether oxygens (including phenoxy) is 1. The highest BCUT2D eigenvalue weighted by Gasteiger charge is 2.35. The van der Waals surface area contributed by atoms with Gasteiger partial charge in [0, 0.05) is 29.7 Å². The van der Waals surface area contributed by atoms with Crippen LogP contribution in [0.25, 0.3) is 10.9 Å². The highest BCUT2D eigenvalue weighted by molar-refractivity contribution is 5.78. The summed E-state index contributed by atoms with van der Waals surface area (Å²) in [5.74, 6) is 0. The van der Waals surface area contributed by atoms with E-state index in [1.807, 2.05) is 30.3 Å². The predicted octanol–water partition coefficient (Wildman–Crippen LogP) is 2.13. The van der Waals surface area contributed by atoms with E-state index in [1.165, 1.54) is 12.8 Å². The van der Waals surface area contributed by atoms with Gasteiger partial charge in [0.15, 0.2) is 0 Å². The summed E-state index contributed by atoms with van der Waals surface area (Å²) in [6.07, 6.45) is 3.48. The number of fused-ring (bicyclic) bond motifs is 2. The minimum Gasteiger partial charge on any atom is -0.386 e. The van der Waals surface area contributed by atoms with Gasteiger partial charge in [0.25, 0.3) is 0 Å². The lowest BCUT2D eigenvalue weighted by molar-refractivity contribution is -0.103. The average molecular weight is 284 g/mol. The summed E-state index contributed by atoms with van der Waals surface area (Å²) in [5.41, 5.74) is 1.80. The van der Waals surface area contributed by atoms with Crippen LogP contribution in [-0.2, 0) is 4.74 Å². The molecule has 21 heavy (non-hydrogen) atoms. The van der Waals surface area contributed by atoms with E-state index in [1.54, 1.807) is 6.20 Å². The second kappa shape index (κ2) is 5.37. The van der Waals surface area contributed by atoms with Gasteiger partial charge in [0.2, 0.25) is 0 Å². The van der Waals surface area contributed by atoms with Crippen molar-refractivity contribution in [3.05, 3.63) is 42.1 Å². The molecule has 4 rings (SSSR count). The van der Waals surface area contributed by atoms with Gasteiger partial charge in [-0.25, -0.2) is 0 Å². The number of benzene rings is 1. The van der Waals surface area contributed by atoms with Gasteiger partial charge in [-0.15, -0.1) is 0 Å². The van der Waals surface area contributed by atoms with Crippen molar-refractivity contribution in [3.8, 4) is 0 Å². The number of para-hydroxylation sites is 1. The van der Waals surface area contributed by atoms with E-state index in [9.17, 15) is 5.11 Å². The molecule has 3 heterocycles. The molecule has 2 aliphatic heterocycles. The molecule has 2 saturated heterocycles. The molecule has 110 valence electrons. The van der Waals surface area contributed by atoms with E-state index < -0.39 is 6.10 Å². The summed E-state index contributed by atoms with van der Waals surface area (Å²) in [6.45, 7) is 2.69. The lowest BCUT2D eigenvalue weighted by Gasteiger charge is -2.37. The fourth-order valence-corrected chi connectivity index (χ4v) is 3.50. The minimum atomic E-state index is -0.608. The Morgan fingerprint density at radius 3 is 3.19 bits per heavy atom. The van der Waals surface area contributed by atoms with E-state index in [0.717, 1.165) is 36.2 Å². The van der Waals surface area contributed by atoms with Gasteiger partial charge in [0.05, 0.1) is 12.1 Å². The molecule has 0 amide bonds. The monoisotopic (exact) mass is 284 g/mol. The van der Waals surface area contributed by atoms with Crippen LogP contribution in [0.3, 0.4) is 0 Å². The van der Waals surface area contributed by atoms with Gasteiger partial charge in [0.1, 0.15) is 12.2 Å². The molecule has 4 nitrogen and oxygen atoms in total. The fraction of sp³-hybridized carbons (Fsp3) is 0.471. The van der Waals surface area contributed by atoms with Gasteiger partial charge in [-0.3, -0.25) is 9.88 Å². The Kier molecular flexibility index (Phi) is 3.37. The molecule has 1 N–H and O–H groups in total. The van der Waals surface area contributed by atoms with Gasteiger partial charge in [-0.05, 0) is 31.5 Å². The van der Waals surface area contributed by atoms with Crippen molar-refractivity contribution in [1.29, 1.82) is 0 Å². The second-order valence-corrected chi connectivity index (χ2v) is 6.07. The topological polar surface area (TPSA) is 45.6 Å². The molecule has 0 saturated carbocycles. The van der Waals surface area contributed by atoms with Crippen molar-refractivity contribution >= 4 is 10.9 Å². The number of hydrogen-bond acceptors (Lipinski definition) is 4. The average Bonchev–Trinajstić information content (AvgIpc) is 3.01. The summed E-state index contributed by atoms with van der Waals surface area (Å²) in [7, 11) is 0. The molecular weight excluding hydrogens is 264 g/mol. The number of rotatable bonds is 2. The molecule has 0 spiro atoms. The fourth-order valence-electron chi connectivity index (χ4n) is 3.50. The van der Waals surface area contributed by atoms with Gasteiger partial charge < -0.3 is 9.84 Å². The first kappa shape index (κ1) is 13.2. The third-order valence-electron chi connectivity index (χ3n) is 4.72. The first-order valence-electron chi connectivity index (χ1n) is 7.70. The summed E-state index contributed by atoms with van der Waals surface area (Å²) < 4.78 is 5.90. The number of aromatic nitrogens is 1. The summed E-state index contributed by atoms with van der Waals surface area (Å²) >= 11 is 0. The molecule has 2 fully saturated rings. The second-order valence-electron chi connectivity index (χ2n) is 6.07. The Bertz CT molecular complexity index is 645. The van der Waals surface area contributed by atoms with E-state index in [0.29, 0.717) is 6.04 Å². The zero-order valence-electron chi connectivity index (χ0n) is 12.0. The highest BCUT2D eigenvalue weighted by atomic mass is 16.5. The Balaban J connectivity index is 1.56. The van der Waals surface area contributed by atoms with Crippen molar-refractivity contribution in [2.24, 2.45) is 0 Å². The smallest absolute Gasteiger partial charge is 0.108 e. The van der Waals surface area contributed by atoms with Crippen LogP contribution in [-0.4, -0.2) is 46.8 Å². The van der Waals surface area contributed by atoms with Crippen LogP contribution in [0.2, 0.25) is 0 Å². The van der Waals surface area contributed by atoms with E-state index in [-0.39, 0.29) is 6.10 Å². The number of aliphatic hydroxyl groups is 1. The van der Waals surface area contributed by atoms with Crippen molar-refractivity contribution < 1.29 is 9.84 Å². The first-order chi connectivity index (χ1) is 10.3. The molecule has 3 unspecified atom stereocenters. The molecule has 3 atom stereocenters. The molecule has 2 aliphatic rings. The Morgan fingerprint density at radius 1 is 1.33 bits per heavy atom. The molecule has 1 aromatic carbocycles. The molecule has 1 aromatic heterocycles. The molecule has 0 radical (unpaired) electrons. The van der Waals surface area contributed by atoms with Crippen LogP contribution in [0.4, 0.5) is 0 Å². The molecular formula is C17H20N2O2. The van der Waals surface area contributed by atoms with Crippen molar-refractivity contribution in [1.82, 2.24) is 9.88 Å². The summed E-state index contributed by atoms with van der Waals surface area (Å²) in [5, 5.41) is 11.7. The third-order valence-corrected chi connectivity index (χ3v) is 4.72. The zero-order chi connectivity index (χ0) is 14.2. The number of nitrogens with zero attached hydrogens (tertiary/aromatic N) is 2. The Hall–Kier alpha value is -1.49. The highest BCUT2D eigenvalue weighted by Crippen LogP contribution is 2.29. The molecule has 0 bridgehead atoms. The number of morpholine rings is 1. The standard InChI is InChI=1S/C17H20N2O2/c20-17(16-10-19-7-3-5-14(19)11-21-16)13-8-12-4-1-2-6-15(12)18-9-13/h1-2,4,6,8-9,14,16-17,20H,3,5,7,10-11H2. The number of pyridine rings is 1. The normalized spacial score (nSPS) is 27.7. The van der Waals surface area contributed by atoms with Crippen LogP contribution in [0.1, 0.15) is 24.5 Å². The minimum absolute atomic E-state index is 0.151. The van der Waals surface area contributed by atoms with E-state index >= 15 is 0 Å². The lowest BCUT2D eigenvalue weighted by Crippen LogP contribution is -2.48. The first-order valence-corrected chi connectivity index (χ1v) is 7.70. The molecule has 2 aromatic rings. The van der Waals surface area contributed by atoms with Gasteiger partial charge in [-0.1, -0.05) is 18.2 Å². The Morgan fingerprint density at radius 2 is 2.24 bits per heavy atom. The predicted molar refractivity (Wildman–Crippen MR) is 81.0 cm³/mol. The van der Waals surface area contributed by atoms with Gasteiger partial charge >= 0.3 is 0 Å². The molecule has 0 aliphatic carbocycles. The largest absolute Gasteiger partial charge is 0.386 e. The maximum Gasteiger partial charge on any atom is 0.108 e. The molecule has 4 heteroatoms. The summed E-state index contributed by atoms with van der Waals surface area (Å²) in [4.78, 5) is 6.88. The quantitative estimate of drug-likeness (QED) is 0.917. The van der Waals surface area contributed by atoms with E-state index in [4.69, 9.17) is 4.74 Å². The van der Waals surface area contributed by atoms with Crippen molar-refractivity contribution in [2.75, 3.05) is 19.7 Å². The SMILES string of the molecule is OC(c1cnc2ccccc2c1)C1CN2CCCC2CO1. The zero-order valence-corrected chi connectivity index (χ0v) is 12.0. The van der Waals surface area contributed by atoms with E-state index in [2.05, 4.69) is 9.88 Å². The summed E-state index contributed by atoms with van der Waals surface area (Å²) in [6, 6.07) is 10.6.